The first-order valence-electron chi connectivity index (χ1n) is 8.88. The van der Waals surface area contributed by atoms with Crippen LogP contribution in [-0.2, 0) is 12.8 Å². The van der Waals surface area contributed by atoms with Crippen molar-refractivity contribution in [2.75, 3.05) is 0 Å². The van der Waals surface area contributed by atoms with Crippen LogP contribution in [0, 0.1) is 5.92 Å². The van der Waals surface area contributed by atoms with E-state index in [0.717, 1.165) is 5.92 Å². The largest absolute Gasteiger partial charge is 0.0654 e. The van der Waals surface area contributed by atoms with E-state index in [1.54, 1.807) is 11.1 Å². The van der Waals surface area contributed by atoms with Gasteiger partial charge >= 0.3 is 0 Å². The molecule has 0 heterocycles. The second kappa shape index (κ2) is 7.11. The molecule has 0 amide bonds. The molecule has 0 nitrogen and oxygen atoms in total. The Morgan fingerprint density at radius 3 is 2.71 bits per heavy atom. The van der Waals surface area contributed by atoms with Crippen molar-refractivity contribution in [1.82, 2.24) is 0 Å². The van der Waals surface area contributed by atoms with E-state index in [1.165, 1.54) is 68.6 Å². The summed E-state index contributed by atoms with van der Waals surface area (Å²) in [6, 6.07) is 13.6. The summed E-state index contributed by atoms with van der Waals surface area (Å²) in [5, 5.41) is 2.91. The minimum atomic E-state index is 0.931. The maximum atomic E-state index is 2.39. The normalized spacial score (nSPS) is 17.9. The lowest BCUT2D eigenvalue weighted by molar-refractivity contribution is 0.406. The van der Waals surface area contributed by atoms with Crippen LogP contribution in [0.25, 0.3) is 10.8 Å². The van der Waals surface area contributed by atoms with Gasteiger partial charge in [0.2, 0.25) is 0 Å². The number of hydrogen-bond acceptors (Lipinski definition) is 0. The second-order valence-corrected chi connectivity index (χ2v) is 6.74. The summed E-state index contributed by atoms with van der Waals surface area (Å²) >= 11 is 0. The van der Waals surface area contributed by atoms with E-state index >= 15 is 0 Å². The van der Waals surface area contributed by atoms with Gasteiger partial charge in [-0.1, -0.05) is 81.8 Å². The van der Waals surface area contributed by atoms with Crippen molar-refractivity contribution in [1.29, 1.82) is 0 Å². The molecule has 0 spiro atoms. The van der Waals surface area contributed by atoms with Crippen LogP contribution in [0.15, 0.2) is 36.4 Å². The molecule has 1 aliphatic carbocycles. The Morgan fingerprint density at radius 2 is 1.81 bits per heavy atom. The van der Waals surface area contributed by atoms with E-state index in [4.69, 9.17) is 0 Å². The monoisotopic (exact) mass is 280 g/mol. The van der Waals surface area contributed by atoms with Crippen LogP contribution in [0.1, 0.15) is 63.0 Å². The molecule has 0 radical (unpaired) electrons. The molecule has 3 rings (SSSR count). The fourth-order valence-corrected chi connectivity index (χ4v) is 3.91. The quantitative estimate of drug-likeness (QED) is 0.544. The number of rotatable bonds is 6. The summed E-state index contributed by atoms with van der Waals surface area (Å²) in [6.45, 7) is 2.29. The van der Waals surface area contributed by atoms with Gasteiger partial charge in [0.25, 0.3) is 0 Å². The van der Waals surface area contributed by atoms with Gasteiger partial charge in [-0.3, -0.25) is 0 Å². The number of unbranched alkanes of at least 4 members (excludes halogenated alkanes) is 4. The van der Waals surface area contributed by atoms with Crippen LogP contribution < -0.4 is 0 Å². The molecule has 0 fully saturated rings. The molecular weight excluding hydrogens is 252 g/mol. The van der Waals surface area contributed by atoms with Gasteiger partial charge in [0.05, 0.1) is 0 Å². The topological polar surface area (TPSA) is 0 Å². The predicted molar refractivity (Wildman–Crippen MR) is 92.8 cm³/mol. The van der Waals surface area contributed by atoms with Crippen molar-refractivity contribution in [2.45, 2.75) is 64.7 Å². The SMILES string of the molecule is CCCCCCCC1CCc2c(ccc3ccccc23)C1. The smallest absolute Gasteiger partial charge is 0.0149 e. The van der Waals surface area contributed by atoms with Crippen molar-refractivity contribution in [2.24, 2.45) is 5.92 Å². The lowest BCUT2D eigenvalue weighted by atomic mass is 9.79. The molecule has 0 bridgehead atoms. The highest BCUT2D eigenvalue weighted by atomic mass is 14.2. The number of aryl methyl sites for hydroxylation is 1. The van der Waals surface area contributed by atoms with Crippen LogP contribution in [-0.4, -0.2) is 0 Å². The van der Waals surface area contributed by atoms with Gasteiger partial charge in [0.1, 0.15) is 0 Å². The molecule has 0 aromatic heterocycles. The maximum absolute atomic E-state index is 2.39. The fraction of sp³-hybridized carbons (Fsp3) is 0.524. The maximum Gasteiger partial charge on any atom is -0.0149 e. The van der Waals surface area contributed by atoms with Gasteiger partial charge in [-0.25, -0.2) is 0 Å². The fourth-order valence-electron chi connectivity index (χ4n) is 3.91. The Morgan fingerprint density at radius 1 is 0.952 bits per heavy atom. The van der Waals surface area contributed by atoms with Gasteiger partial charge in [-0.15, -0.1) is 0 Å². The first-order valence-corrected chi connectivity index (χ1v) is 8.88. The molecule has 2 aromatic rings. The molecule has 0 saturated heterocycles. The number of benzene rings is 2. The highest BCUT2D eigenvalue weighted by Crippen LogP contribution is 2.33. The zero-order valence-corrected chi connectivity index (χ0v) is 13.4. The standard InChI is InChI=1S/C21H28/c1-2-3-4-5-6-9-17-12-15-21-19(16-17)14-13-18-10-7-8-11-20(18)21/h7-8,10-11,13-14,17H,2-6,9,12,15-16H2,1H3. The lowest BCUT2D eigenvalue weighted by Crippen LogP contribution is -2.14. The van der Waals surface area contributed by atoms with E-state index < -0.39 is 0 Å². The molecule has 0 saturated carbocycles. The second-order valence-electron chi connectivity index (χ2n) is 6.74. The molecule has 1 atom stereocenters. The summed E-state index contributed by atoms with van der Waals surface area (Å²) in [5.41, 5.74) is 3.26. The summed E-state index contributed by atoms with van der Waals surface area (Å²) in [5.74, 6) is 0.931. The Bertz CT molecular complexity index is 582. The molecule has 112 valence electrons. The lowest BCUT2D eigenvalue weighted by Gasteiger charge is -2.26. The van der Waals surface area contributed by atoms with E-state index in [-0.39, 0.29) is 0 Å². The van der Waals surface area contributed by atoms with Crippen LogP contribution in [0.4, 0.5) is 0 Å². The van der Waals surface area contributed by atoms with Crippen LogP contribution in [0.5, 0.6) is 0 Å². The third kappa shape index (κ3) is 3.48. The van der Waals surface area contributed by atoms with Gasteiger partial charge in [0.15, 0.2) is 0 Å². The van der Waals surface area contributed by atoms with Gasteiger partial charge in [-0.2, -0.15) is 0 Å². The van der Waals surface area contributed by atoms with E-state index in [1.807, 2.05) is 0 Å². The van der Waals surface area contributed by atoms with Crippen LogP contribution >= 0.6 is 0 Å². The summed E-state index contributed by atoms with van der Waals surface area (Å²) in [7, 11) is 0. The molecule has 1 aliphatic rings. The van der Waals surface area contributed by atoms with Crippen LogP contribution in [0.3, 0.4) is 0 Å². The van der Waals surface area contributed by atoms with Crippen molar-refractivity contribution in [3.05, 3.63) is 47.5 Å². The van der Waals surface area contributed by atoms with Gasteiger partial charge in [0, 0.05) is 0 Å². The van der Waals surface area contributed by atoms with Crippen molar-refractivity contribution >= 4 is 10.8 Å². The molecule has 2 aromatic carbocycles. The van der Waals surface area contributed by atoms with E-state index in [0.29, 0.717) is 0 Å². The Labute approximate surface area is 129 Å². The number of fused-ring (bicyclic) bond motifs is 3. The average Bonchev–Trinajstić information content (AvgIpc) is 2.54. The minimum Gasteiger partial charge on any atom is -0.0654 e. The first kappa shape index (κ1) is 14.6. The Kier molecular flexibility index (Phi) is 4.95. The van der Waals surface area contributed by atoms with E-state index in [2.05, 4.69) is 43.3 Å². The molecular formula is C21H28. The van der Waals surface area contributed by atoms with Crippen molar-refractivity contribution in [3.8, 4) is 0 Å². The van der Waals surface area contributed by atoms with Gasteiger partial charge < -0.3 is 0 Å². The van der Waals surface area contributed by atoms with Crippen LogP contribution in [0.2, 0.25) is 0 Å². The van der Waals surface area contributed by atoms with E-state index in [9.17, 15) is 0 Å². The number of hydrogen-bond donors (Lipinski definition) is 0. The third-order valence-corrected chi connectivity index (χ3v) is 5.16. The van der Waals surface area contributed by atoms with Gasteiger partial charge in [-0.05, 0) is 47.1 Å². The summed E-state index contributed by atoms with van der Waals surface area (Å²) in [4.78, 5) is 0. The molecule has 1 unspecified atom stereocenters. The minimum absolute atomic E-state index is 0.931. The molecule has 0 heteroatoms. The predicted octanol–water partition coefficient (Wildman–Crippen LogP) is 6.31. The highest BCUT2D eigenvalue weighted by Gasteiger charge is 2.19. The Hall–Kier alpha value is -1.30. The average molecular weight is 280 g/mol. The zero-order valence-electron chi connectivity index (χ0n) is 13.4. The third-order valence-electron chi connectivity index (χ3n) is 5.16. The summed E-state index contributed by atoms with van der Waals surface area (Å²) < 4.78 is 0. The Balaban J connectivity index is 1.62. The summed E-state index contributed by atoms with van der Waals surface area (Å²) in [6.07, 6.45) is 12.5. The zero-order chi connectivity index (χ0) is 14.5. The van der Waals surface area contributed by atoms with Crippen molar-refractivity contribution in [3.63, 3.8) is 0 Å². The molecule has 0 aliphatic heterocycles. The highest BCUT2D eigenvalue weighted by molar-refractivity contribution is 5.87. The van der Waals surface area contributed by atoms with Crippen molar-refractivity contribution < 1.29 is 0 Å². The molecule has 21 heavy (non-hydrogen) atoms. The first-order chi connectivity index (χ1) is 10.4. The molecule has 0 N–H and O–H groups in total.